The van der Waals surface area contributed by atoms with Crippen LogP contribution in [0, 0.1) is 0 Å². The molecule has 0 atom stereocenters. The van der Waals surface area contributed by atoms with Gasteiger partial charge in [0, 0.05) is 5.39 Å². The number of hydrogen-bond acceptors (Lipinski definition) is 4. The van der Waals surface area contributed by atoms with Crippen molar-refractivity contribution >= 4 is 28.5 Å². The molecule has 7 heteroatoms. The lowest BCUT2D eigenvalue weighted by Crippen LogP contribution is -2.13. The SMILES string of the molecule is COc1cc(/C=C2\CCCc3c2nc2ccccc2c3C(=O)O)ccc1OC(F)F. The third-order valence-corrected chi connectivity index (χ3v) is 5.13. The monoisotopic (exact) mass is 411 g/mol. The van der Waals surface area contributed by atoms with Crippen LogP contribution in [-0.2, 0) is 6.42 Å². The predicted molar refractivity (Wildman–Crippen MR) is 109 cm³/mol. The maximum Gasteiger partial charge on any atom is 0.387 e. The molecule has 0 saturated carbocycles. The second-order valence-corrected chi connectivity index (χ2v) is 6.95. The van der Waals surface area contributed by atoms with E-state index in [2.05, 4.69) is 4.74 Å². The molecule has 3 aromatic rings. The molecule has 154 valence electrons. The number of rotatable bonds is 5. The van der Waals surface area contributed by atoms with Gasteiger partial charge < -0.3 is 14.6 Å². The van der Waals surface area contributed by atoms with Gasteiger partial charge in [-0.1, -0.05) is 24.3 Å². The van der Waals surface area contributed by atoms with Crippen molar-refractivity contribution in [2.45, 2.75) is 25.9 Å². The predicted octanol–water partition coefficient (Wildman–Crippen LogP) is 5.42. The average molecular weight is 411 g/mol. The molecule has 2 aromatic carbocycles. The van der Waals surface area contributed by atoms with E-state index in [-0.39, 0.29) is 11.5 Å². The summed E-state index contributed by atoms with van der Waals surface area (Å²) >= 11 is 0. The second-order valence-electron chi connectivity index (χ2n) is 6.95. The number of benzene rings is 2. The molecule has 1 aliphatic rings. The number of aromatic nitrogens is 1. The van der Waals surface area contributed by atoms with Crippen LogP contribution in [0.15, 0.2) is 42.5 Å². The summed E-state index contributed by atoms with van der Waals surface area (Å²) in [5.41, 5.74) is 3.93. The third kappa shape index (κ3) is 3.70. The Bertz CT molecular complexity index is 1160. The number of ether oxygens (including phenoxy) is 2. The van der Waals surface area contributed by atoms with Crippen LogP contribution in [-0.4, -0.2) is 29.8 Å². The maximum atomic E-state index is 12.6. The van der Waals surface area contributed by atoms with Crippen molar-refractivity contribution in [3.05, 3.63) is 64.8 Å². The van der Waals surface area contributed by atoms with Gasteiger partial charge >= 0.3 is 12.6 Å². The fraction of sp³-hybridized carbons (Fsp3) is 0.217. The van der Waals surface area contributed by atoms with Crippen molar-refractivity contribution in [2.75, 3.05) is 7.11 Å². The van der Waals surface area contributed by atoms with E-state index in [1.807, 2.05) is 12.1 Å². The van der Waals surface area contributed by atoms with Gasteiger partial charge in [0.2, 0.25) is 0 Å². The molecule has 0 saturated heterocycles. The van der Waals surface area contributed by atoms with Crippen LogP contribution in [0.2, 0.25) is 0 Å². The first-order valence-corrected chi connectivity index (χ1v) is 9.46. The number of carboxylic acids is 1. The summed E-state index contributed by atoms with van der Waals surface area (Å²) in [6, 6.07) is 11.9. The van der Waals surface area contributed by atoms with Crippen LogP contribution in [0.4, 0.5) is 8.78 Å². The Morgan fingerprint density at radius 1 is 1.17 bits per heavy atom. The summed E-state index contributed by atoms with van der Waals surface area (Å²) in [7, 11) is 1.38. The van der Waals surface area contributed by atoms with Gasteiger partial charge in [-0.3, -0.25) is 0 Å². The molecule has 1 aromatic heterocycles. The van der Waals surface area contributed by atoms with E-state index in [0.29, 0.717) is 28.6 Å². The number of nitrogens with zero attached hydrogens (tertiary/aromatic N) is 1. The van der Waals surface area contributed by atoms with Crippen LogP contribution < -0.4 is 9.47 Å². The number of hydrogen-bond donors (Lipinski definition) is 1. The number of allylic oxidation sites excluding steroid dienone is 1. The fourth-order valence-corrected chi connectivity index (χ4v) is 3.89. The molecular weight excluding hydrogens is 392 g/mol. The lowest BCUT2D eigenvalue weighted by Gasteiger charge is -2.21. The van der Waals surface area contributed by atoms with Crippen LogP contribution in [0.1, 0.15) is 40.0 Å². The first-order valence-electron chi connectivity index (χ1n) is 9.46. The standard InChI is InChI=1S/C23H19F2NO4/c1-29-19-12-13(9-10-18(19)30-23(24)25)11-14-5-4-7-16-20(22(27)28)15-6-2-3-8-17(15)26-21(14)16/h2-3,6,8-12,23H,4-5,7H2,1H3,(H,27,28)/b14-11+. The smallest absolute Gasteiger partial charge is 0.387 e. The Labute approximate surface area is 171 Å². The minimum absolute atomic E-state index is 0.0454. The molecule has 1 aliphatic carbocycles. The van der Waals surface area contributed by atoms with E-state index in [1.165, 1.54) is 13.2 Å². The molecule has 0 unspecified atom stereocenters. The molecule has 0 radical (unpaired) electrons. The van der Waals surface area contributed by atoms with Crippen molar-refractivity contribution in [2.24, 2.45) is 0 Å². The quantitative estimate of drug-likeness (QED) is 0.607. The molecule has 4 rings (SSSR count). The fourth-order valence-electron chi connectivity index (χ4n) is 3.89. The van der Waals surface area contributed by atoms with Gasteiger partial charge in [-0.25, -0.2) is 9.78 Å². The summed E-state index contributed by atoms with van der Waals surface area (Å²) in [6.45, 7) is -2.94. The summed E-state index contributed by atoms with van der Waals surface area (Å²) in [5, 5.41) is 10.5. The topological polar surface area (TPSA) is 68.7 Å². The summed E-state index contributed by atoms with van der Waals surface area (Å²) in [4.78, 5) is 16.8. The highest BCUT2D eigenvalue weighted by Crippen LogP contribution is 2.37. The summed E-state index contributed by atoms with van der Waals surface area (Å²) in [5.74, 6) is -0.823. The number of alkyl halides is 2. The van der Waals surface area contributed by atoms with E-state index < -0.39 is 12.6 Å². The van der Waals surface area contributed by atoms with Crippen molar-refractivity contribution in [1.29, 1.82) is 0 Å². The summed E-state index contributed by atoms with van der Waals surface area (Å²) < 4.78 is 34.8. The molecular formula is C23H19F2NO4. The largest absolute Gasteiger partial charge is 0.493 e. The number of halogens is 2. The molecule has 0 aliphatic heterocycles. The van der Waals surface area contributed by atoms with E-state index in [9.17, 15) is 18.7 Å². The molecule has 5 nitrogen and oxygen atoms in total. The zero-order chi connectivity index (χ0) is 21.3. The van der Waals surface area contributed by atoms with Crippen molar-refractivity contribution in [1.82, 2.24) is 4.98 Å². The normalized spacial score (nSPS) is 14.7. The molecule has 0 amide bonds. The number of carbonyl (C=O) groups is 1. The number of para-hydroxylation sites is 1. The van der Waals surface area contributed by atoms with E-state index >= 15 is 0 Å². The zero-order valence-electron chi connectivity index (χ0n) is 16.2. The first-order chi connectivity index (χ1) is 14.5. The van der Waals surface area contributed by atoms with Gasteiger partial charge in [0.1, 0.15) is 0 Å². The van der Waals surface area contributed by atoms with Gasteiger partial charge in [0.15, 0.2) is 11.5 Å². The molecule has 30 heavy (non-hydrogen) atoms. The van der Waals surface area contributed by atoms with Crippen molar-refractivity contribution < 1.29 is 28.2 Å². The van der Waals surface area contributed by atoms with Gasteiger partial charge in [-0.2, -0.15) is 8.78 Å². The molecule has 0 spiro atoms. The minimum Gasteiger partial charge on any atom is -0.493 e. The van der Waals surface area contributed by atoms with Crippen LogP contribution in [0.25, 0.3) is 22.6 Å². The van der Waals surface area contributed by atoms with Crippen molar-refractivity contribution in [3.8, 4) is 11.5 Å². The minimum atomic E-state index is -2.94. The van der Waals surface area contributed by atoms with Crippen molar-refractivity contribution in [3.63, 3.8) is 0 Å². The van der Waals surface area contributed by atoms with Crippen LogP contribution in [0.5, 0.6) is 11.5 Å². The Hall–Kier alpha value is -3.48. The number of methoxy groups -OCH3 is 1. The van der Waals surface area contributed by atoms with E-state index in [4.69, 9.17) is 9.72 Å². The first kappa shape index (κ1) is 19.8. The lowest BCUT2D eigenvalue weighted by atomic mass is 9.86. The van der Waals surface area contributed by atoms with Crippen LogP contribution >= 0.6 is 0 Å². The zero-order valence-corrected chi connectivity index (χ0v) is 16.2. The Balaban J connectivity index is 1.84. The van der Waals surface area contributed by atoms with Gasteiger partial charge in [0.25, 0.3) is 0 Å². The number of pyridine rings is 1. The van der Waals surface area contributed by atoms with E-state index in [0.717, 1.165) is 29.5 Å². The second kappa shape index (κ2) is 8.10. The summed E-state index contributed by atoms with van der Waals surface area (Å²) in [6.07, 6.45) is 4.05. The molecule has 0 bridgehead atoms. The van der Waals surface area contributed by atoms with Gasteiger partial charge in [-0.05, 0) is 60.2 Å². The van der Waals surface area contributed by atoms with Crippen LogP contribution in [0.3, 0.4) is 0 Å². The number of fused-ring (bicyclic) bond motifs is 2. The highest BCUT2D eigenvalue weighted by Gasteiger charge is 2.24. The maximum absolute atomic E-state index is 12.6. The Morgan fingerprint density at radius 2 is 1.97 bits per heavy atom. The highest BCUT2D eigenvalue weighted by atomic mass is 19.3. The average Bonchev–Trinajstić information content (AvgIpc) is 2.72. The third-order valence-electron chi connectivity index (χ3n) is 5.13. The molecule has 1 heterocycles. The highest BCUT2D eigenvalue weighted by molar-refractivity contribution is 6.05. The number of aromatic carboxylic acids is 1. The van der Waals surface area contributed by atoms with Gasteiger partial charge in [-0.15, -0.1) is 0 Å². The van der Waals surface area contributed by atoms with E-state index in [1.54, 1.807) is 30.3 Å². The Kier molecular flexibility index (Phi) is 5.35. The molecule has 1 N–H and O–H groups in total. The lowest BCUT2D eigenvalue weighted by molar-refractivity contribution is -0.0512. The Morgan fingerprint density at radius 3 is 2.70 bits per heavy atom. The number of carboxylic acid groups (broad SMARTS) is 1. The molecule has 0 fully saturated rings. The van der Waals surface area contributed by atoms with Gasteiger partial charge in [0.05, 0.1) is 23.9 Å².